The SMILES string of the molecule is C[C@H](N=C1C[C@H]2CC[C@@]1(C(O)(c1ccccc1)c1ccccc1)C2(C)C)c1ccccc1. The van der Waals surface area contributed by atoms with Crippen LogP contribution in [0.15, 0.2) is 96.0 Å². The molecule has 0 aromatic heterocycles. The summed E-state index contributed by atoms with van der Waals surface area (Å²) >= 11 is 0. The molecule has 2 bridgehead atoms. The van der Waals surface area contributed by atoms with Crippen LogP contribution >= 0.6 is 0 Å². The maximum atomic E-state index is 12.9. The van der Waals surface area contributed by atoms with Crippen molar-refractivity contribution in [1.82, 2.24) is 0 Å². The highest BCUT2D eigenvalue weighted by atomic mass is 16.3. The van der Waals surface area contributed by atoms with E-state index in [4.69, 9.17) is 4.99 Å². The maximum absolute atomic E-state index is 12.9. The number of benzene rings is 3. The van der Waals surface area contributed by atoms with Gasteiger partial charge in [0.25, 0.3) is 0 Å². The zero-order valence-corrected chi connectivity index (χ0v) is 19.3. The molecule has 0 amide bonds. The Bertz CT molecular complexity index is 1060. The van der Waals surface area contributed by atoms with E-state index in [9.17, 15) is 5.11 Å². The summed E-state index contributed by atoms with van der Waals surface area (Å²) in [6.45, 7) is 6.90. The van der Waals surface area contributed by atoms with Crippen molar-refractivity contribution in [3.63, 3.8) is 0 Å². The van der Waals surface area contributed by atoms with E-state index in [0.717, 1.165) is 30.4 Å². The van der Waals surface area contributed by atoms with Crippen LogP contribution in [0.4, 0.5) is 0 Å². The minimum atomic E-state index is -1.14. The molecule has 164 valence electrons. The summed E-state index contributed by atoms with van der Waals surface area (Å²) in [6, 6.07) is 31.1. The summed E-state index contributed by atoms with van der Waals surface area (Å²) in [5, 5.41) is 12.9. The second kappa shape index (κ2) is 7.71. The first-order chi connectivity index (χ1) is 15.4. The summed E-state index contributed by atoms with van der Waals surface area (Å²) < 4.78 is 0. The molecule has 1 N–H and O–H groups in total. The number of aliphatic hydroxyl groups is 1. The zero-order chi connectivity index (χ0) is 22.4. The summed E-state index contributed by atoms with van der Waals surface area (Å²) in [5.74, 6) is 0.531. The molecule has 32 heavy (non-hydrogen) atoms. The van der Waals surface area contributed by atoms with Crippen molar-refractivity contribution >= 4 is 5.71 Å². The summed E-state index contributed by atoms with van der Waals surface area (Å²) in [5.41, 5.74) is 2.67. The molecule has 0 unspecified atom stereocenters. The van der Waals surface area contributed by atoms with Gasteiger partial charge < -0.3 is 5.11 Å². The van der Waals surface area contributed by atoms with Gasteiger partial charge in [-0.3, -0.25) is 4.99 Å². The van der Waals surface area contributed by atoms with Crippen molar-refractivity contribution in [3.05, 3.63) is 108 Å². The lowest BCUT2D eigenvalue weighted by molar-refractivity contribution is -0.0632. The Morgan fingerprint density at radius 3 is 1.84 bits per heavy atom. The van der Waals surface area contributed by atoms with Crippen LogP contribution in [0.25, 0.3) is 0 Å². The molecule has 2 aliphatic rings. The van der Waals surface area contributed by atoms with Crippen LogP contribution in [0.3, 0.4) is 0 Å². The van der Waals surface area contributed by atoms with E-state index in [-0.39, 0.29) is 11.5 Å². The lowest BCUT2D eigenvalue weighted by Gasteiger charge is -2.51. The van der Waals surface area contributed by atoms with E-state index < -0.39 is 11.0 Å². The van der Waals surface area contributed by atoms with Crippen LogP contribution in [0.1, 0.15) is 62.8 Å². The van der Waals surface area contributed by atoms with Crippen molar-refractivity contribution in [2.75, 3.05) is 0 Å². The summed E-state index contributed by atoms with van der Waals surface area (Å²) in [4.78, 5) is 5.37. The summed E-state index contributed by atoms with van der Waals surface area (Å²) in [6.07, 6.45) is 3.05. The fraction of sp³-hybridized carbons (Fsp3) is 0.367. The molecule has 2 saturated carbocycles. The Labute approximate surface area is 192 Å². The third kappa shape index (κ3) is 2.85. The largest absolute Gasteiger partial charge is 0.379 e. The molecule has 5 rings (SSSR count). The maximum Gasteiger partial charge on any atom is 0.126 e. The highest BCUT2D eigenvalue weighted by Gasteiger charge is 2.71. The molecule has 3 atom stereocenters. The van der Waals surface area contributed by atoms with Crippen LogP contribution in [-0.2, 0) is 5.60 Å². The number of hydrogen-bond acceptors (Lipinski definition) is 2. The second-order valence-electron chi connectivity index (χ2n) is 10.2. The van der Waals surface area contributed by atoms with Crippen LogP contribution < -0.4 is 0 Å². The van der Waals surface area contributed by atoms with Gasteiger partial charge in [0.2, 0.25) is 0 Å². The Hall–Kier alpha value is -2.71. The molecular weight excluding hydrogens is 390 g/mol. The Morgan fingerprint density at radius 1 is 0.844 bits per heavy atom. The van der Waals surface area contributed by atoms with Gasteiger partial charge in [-0.15, -0.1) is 0 Å². The van der Waals surface area contributed by atoms with Crippen molar-refractivity contribution < 1.29 is 5.11 Å². The molecule has 0 aliphatic heterocycles. The van der Waals surface area contributed by atoms with Crippen molar-refractivity contribution in [2.45, 2.75) is 51.7 Å². The van der Waals surface area contributed by atoms with E-state index in [2.05, 4.69) is 75.4 Å². The number of fused-ring (bicyclic) bond motifs is 2. The molecule has 2 fully saturated rings. The minimum Gasteiger partial charge on any atom is -0.379 e. The van der Waals surface area contributed by atoms with Gasteiger partial charge in [0.15, 0.2) is 0 Å². The summed E-state index contributed by atoms with van der Waals surface area (Å²) in [7, 11) is 0. The first kappa shape index (κ1) is 21.2. The molecule has 3 aromatic carbocycles. The van der Waals surface area contributed by atoms with Crippen LogP contribution in [-0.4, -0.2) is 10.8 Å². The molecule has 2 heteroatoms. The molecule has 3 aromatic rings. The van der Waals surface area contributed by atoms with Crippen molar-refractivity contribution in [3.8, 4) is 0 Å². The predicted molar refractivity (Wildman–Crippen MR) is 132 cm³/mol. The zero-order valence-electron chi connectivity index (χ0n) is 19.3. The van der Waals surface area contributed by atoms with Gasteiger partial charge in [-0.2, -0.15) is 0 Å². The first-order valence-corrected chi connectivity index (χ1v) is 11.9. The van der Waals surface area contributed by atoms with Gasteiger partial charge in [-0.05, 0) is 54.2 Å². The molecule has 0 heterocycles. The fourth-order valence-corrected chi connectivity index (χ4v) is 6.78. The number of aliphatic imine (C=N–C) groups is 1. The van der Waals surface area contributed by atoms with E-state index in [1.807, 2.05) is 36.4 Å². The number of hydrogen-bond donors (Lipinski definition) is 1. The van der Waals surface area contributed by atoms with Gasteiger partial charge >= 0.3 is 0 Å². The highest BCUT2D eigenvalue weighted by molar-refractivity contribution is 5.97. The number of nitrogens with zero attached hydrogens (tertiary/aromatic N) is 1. The average Bonchev–Trinajstić information content (AvgIpc) is 3.22. The lowest BCUT2D eigenvalue weighted by atomic mass is 9.55. The lowest BCUT2D eigenvalue weighted by Crippen LogP contribution is -2.55. The van der Waals surface area contributed by atoms with Crippen LogP contribution in [0.5, 0.6) is 0 Å². The van der Waals surface area contributed by atoms with E-state index in [1.165, 1.54) is 11.3 Å². The van der Waals surface area contributed by atoms with Crippen molar-refractivity contribution in [2.24, 2.45) is 21.7 Å². The Balaban J connectivity index is 1.75. The van der Waals surface area contributed by atoms with Gasteiger partial charge in [0.1, 0.15) is 5.60 Å². The quantitative estimate of drug-likeness (QED) is 0.473. The third-order valence-corrected chi connectivity index (χ3v) is 8.55. The molecule has 2 nitrogen and oxygen atoms in total. The van der Waals surface area contributed by atoms with Crippen LogP contribution in [0, 0.1) is 16.7 Å². The van der Waals surface area contributed by atoms with Gasteiger partial charge in [-0.1, -0.05) is 105 Å². The highest BCUT2D eigenvalue weighted by Crippen LogP contribution is 2.71. The van der Waals surface area contributed by atoms with Crippen molar-refractivity contribution in [1.29, 1.82) is 0 Å². The molecule has 0 saturated heterocycles. The van der Waals surface area contributed by atoms with Gasteiger partial charge in [0.05, 0.1) is 11.5 Å². The normalized spacial score (nSPS) is 26.4. The van der Waals surface area contributed by atoms with Gasteiger partial charge in [0, 0.05) is 5.71 Å². The smallest absolute Gasteiger partial charge is 0.126 e. The van der Waals surface area contributed by atoms with Crippen LogP contribution in [0.2, 0.25) is 0 Å². The van der Waals surface area contributed by atoms with E-state index >= 15 is 0 Å². The molecule has 0 radical (unpaired) electrons. The van der Waals surface area contributed by atoms with Gasteiger partial charge in [-0.25, -0.2) is 0 Å². The number of rotatable bonds is 5. The Morgan fingerprint density at radius 2 is 1.34 bits per heavy atom. The minimum absolute atomic E-state index is 0.0639. The van der Waals surface area contributed by atoms with E-state index in [0.29, 0.717) is 5.92 Å². The average molecular weight is 424 g/mol. The molecule has 0 spiro atoms. The third-order valence-electron chi connectivity index (χ3n) is 8.55. The first-order valence-electron chi connectivity index (χ1n) is 11.9. The molecular formula is C30H33NO. The second-order valence-corrected chi connectivity index (χ2v) is 10.2. The monoisotopic (exact) mass is 423 g/mol. The Kier molecular flexibility index (Phi) is 5.09. The van der Waals surface area contributed by atoms with E-state index in [1.54, 1.807) is 0 Å². The fourth-order valence-electron chi connectivity index (χ4n) is 6.78. The molecule has 2 aliphatic carbocycles. The predicted octanol–water partition coefficient (Wildman–Crippen LogP) is 6.95. The standard InChI is InChI=1S/C30H33NO/c1-22(23-13-7-4-8-14-23)31-27-21-26-19-20-29(27,28(26,2)3)30(32,24-15-9-5-10-16-24)25-17-11-6-12-18-25/h4-18,22,26,32H,19-21H2,1-3H3/t22-,26+,29-/m0/s1. The topological polar surface area (TPSA) is 32.6 Å².